The third-order valence-corrected chi connectivity index (χ3v) is 6.00. The van der Waals surface area contributed by atoms with Crippen molar-refractivity contribution in [3.63, 3.8) is 0 Å². The zero-order valence-corrected chi connectivity index (χ0v) is 18.5. The molecule has 142 valence electrons. The van der Waals surface area contributed by atoms with Crippen molar-refractivity contribution < 1.29 is 9.16 Å². The first-order chi connectivity index (χ1) is 11.0. The SMILES string of the molecule is COC[C@@H]1CCCN1/N=C(/CC(C)(O[Si](C)(C)C)C(C)C)C(C)C. The molecular formula is C19H40N2O2Si. The van der Waals surface area contributed by atoms with Gasteiger partial charge in [0.1, 0.15) is 0 Å². The molecule has 1 aliphatic heterocycles. The average molecular weight is 357 g/mol. The van der Waals surface area contributed by atoms with E-state index in [1.54, 1.807) is 7.11 Å². The largest absolute Gasteiger partial charge is 0.412 e. The fourth-order valence-electron chi connectivity index (χ4n) is 3.25. The Labute approximate surface area is 151 Å². The minimum atomic E-state index is -1.62. The normalized spacial score (nSPS) is 22.5. The quantitative estimate of drug-likeness (QED) is 0.441. The summed E-state index contributed by atoms with van der Waals surface area (Å²) in [6.45, 7) is 19.9. The molecule has 1 rings (SSSR count). The zero-order valence-electron chi connectivity index (χ0n) is 17.5. The van der Waals surface area contributed by atoms with Gasteiger partial charge in [0.2, 0.25) is 0 Å². The van der Waals surface area contributed by atoms with Gasteiger partial charge in [0.25, 0.3) is 0 Å². The maximum absolute atomic E-state index is 6.62. The summed E-state index contributed by atoms with van der Waals surface area (Å²) in [5.74, 6) is 0.888. The summed E-state index contributed by atoms with van der Waals surface area (Å²) in [6.07, 6.45) is 3.29. The summed E-state index contributed by atoms with van der Waals surface area (Å²) in [5.41, 5.74) is 1.11. The van der Waals surface area contributed by atoms with Crippen molar-refractivity contribution in [2.45, 2.75) is 85.2 Å². The molecule has 0 N–H and O–H groups in total. The number of rotatable bonds is 9. The van der Waals surface area contributed by atoms with Crippen molar-refractivity contribution in [2.75, 3.05) is 20.3 Å². The Kier molecular flexibility index (Phi) is 7.95. The molecule has 0 aromatic carbocycles. The Morgan fingerprint density at radius 2 is 1.88 bits per heavy atom. The van der Waals surface area contributed by atoms with E-state index >= 15 is 0 Å². The van der Waals surface area contributed by atoms with E-state index in [0.717, 1.165) is 19.6 Å². The van der Waals surface area contributed by atoms with Crippen LogP contribution in [0.5, 0.6) is 0 Å². The highest BCUT2D eigenvalue weighted by Gasteiger charge is 2.37. The van der Waals surface area contributed by atoms with Crippen LogP contribution in [0.25, 0.3) is 0 Å². The van der Waals surface area contributed by atoms with Crippen molar-refractivity contribution in [1.82, 2.24) is 5.01 Å². The molecule has 0 aromatic rings. The molecule has 5 heteroatoms. The minimum Gasteiger partial charge on any atom is -0.412 e. The van der Waals surface area contributed by atoms with Gasteiger partial charge in [-0.3, -0.25) is 5.01 Å². The van der Waals surface area contributed by atoms with E-state index in [0.29, 0.717) is 17.9 Å². The van der Waals surface area contributed by atoms with Crippen LogP contribution in [-0.2, 0) is 9.16 Å². The van der Waals surface area contributed by atoms with E-state index in [2.05, 4.69) is 59.3 Å². The number of methoxy groups -OCH3 is 1. The average Bonchev–Trinajstić information content (AvgIpc) is 2.83. The van der Waals surface area contributed by atoms with E-state index in [4.69, 9.17) is 14.3 Å². The number of nitrogens with zero attached hydrogens (tertiary/aromatic N) is 2. The first-order valence-corrected chi connectivity index (χ1v) is 12.9. The summed E-state index contributed by atoms with van der Waals surface area (Å²) in [6, 6.07) is 0.423. The summed E-state index contributed by atoms with van der Waals surface area (Å²) in [4.78, 5) is 0. The lowest BCUT2D eigenvalue weighted by atomic mass is 9.85. The standard InChI is InChI=1S/C19H40N2O2Si/c1-15(2)18(20-21-12-10-11-17(21)14-22-6)13-19(5,16(3)4)23-24(7,8)9/h15-17H,10-14H2,1-9H3/b20-18-/t17-,19?/m0/s1. The van der Waals surface area contributed by atoms with Gasteiger partial charge in [-0.1, -0.05) is 27.7 Å². The molecule has 0 aliphatic carbocycles. The van der Waals surface area contributed by atoms with Gasteiger partial charge in [-0.25, -0.2) is 0 Å². The van der Waals surface area contributed by atoms with Crippen molar-refractivity contribution in [3.8, 4) is 0 Å². The molecule has 24 heavy (non-hydrogen) atoms. The Bertz CT molecular complexity index is 418. The first kappa shape index (κ1) is 21.6. The molecule has 0 radical (unpaired) electrons. The van der Waals surface area contributed by atoms with E-state index < -0.39 is 8.32 Å². The summed E-state index contributed by atoms with van der Waals surface area (Å²) in [7, 11) is 0.163. The topological polar surface area (TPSA) is 34.1 Å². The first-order valence-electron chi connectivity index (χ1n) is 9.51. The van der Waals surface area contributed by atoms with Gasteiger partial charge in [0.15, 0.2) is 8.32 Å². The molecule has 1 unspecified atom stereocenters. The van der Waals surface area contributed by atoms with E-state index in [1.807, 2.05) is 0 Å². The van der Waals surface area contributed by atoms with Gasteiger partial charge in [0, 0.05) is 25.8 Å². The Morgan fingerprint density at radius 1 is 1.25 bits per heavy atom. The van der Waals surface area contributed by atoms with Gasteiger partial charge in [-0.15, -0.1) is 0 Å². The van der Waals surface area contributed by atoms with E-state index in [-0.39, 0.29) is 5.60 Å². The Hall–Kier alpha value is -0.393. The van der Waals surface area contributed by atoms with Crippen LogP contribution in [0, 0.1) is 11.8 Å². The van der Waals surface area contributed by atoms with Gasteiger partial charge in [0.05, 0.1) is 18.2 Å². The predicted octanol–water partition coefficient (Wildman–Crippen LogP) is 4.77. The smallest absolute Gasteiger partial charge is 0.184 e. The van der Waals surface area contributed by atoms with Crippen LogP contribution in [0.4, 0.5) is 0 Å². The zero-order chi connectivity index (χ0) is 18.5. The Balaban J connectivity index is 2.99. The molecular weight excluding hydrogens is 316 g/mol. The third kappa shape index (κ3) is 6.49. The fraction of sp³-hybridized carbons (Fsp3) is 0.947. The van der Waals surface area contributed by atoms with Crippen LogP contribution in [0.2, 0.25) is 19.6 Å². The highest BCUT2D eigenvalue weighted by atomic mass is 28.4. The summed E-state index contributed by atoms with van der Waals surface area (Å²) >= 11 is 0. The lowest BCUT2D eigenvalue weighted by Gasteiger charge is -2.40. The van der Waals surface area contributed by atoms with Crippen LogP contribution >= 0.6 is 0 Å². The maximum Gasteiger partial charge on any atom is 0.184 e. The van der Waals surface area contributed by atoms with E-state index in [1.165, 1.54) is 18.6 Å². The molecule has 1 heterocycles. The van der Waals surface area contributed by atoms with Crippen molar-refractivity contribution in [2.24, 2.45) is 16.9 Å². The van der Waals surface area contributed by atoms with Crippen LogP contribution in [0.15, 0.2) is 5.10 Å². The number of hydrogen-bond donors (Lipinski definition) is 0. The summed E-state index contributed by atoms with van der Waals surface area (Å²) in [5, 5.41) is 7.34. The second-order valence-electron chi connectivity index (χ2n) is 9.02. The second-order valence-corrected chi connectivity index (χ2v) is 13.4. The van der Waals surface area contributed by atoms with Crippen molar-refractivity contribution in [3.05, 3.63) is 0 Å². The van der Waals surface area contributed by atoms with E-state index in [9.17, 15) is 0 Å². The molecule has 4 nitrogen and oxygen atoms in total. The van der Waals surface area contributed by atoms with Gasteiger partial charge < -0.3 is 9.16 Å². The number of hydrazone groups is 1. The highest BCUT2D eigenvalue weighted by Crippen LogP contribution is 2.32. The molecule has 0 amide bonds. The van der Waals surface area contributed by atoms with Crippen LogP contribution in [0.3, 0.4) is 0 Å². The fourth-order valence-corrected chi connectivity index (χ4v) is 4.96. The monoisotopic (exact) mass is 356 g/mol. The molecule has 1 aliphatic rings. The molecule has 0 saturated carbocycles. The lowest BCUT2D eigenvalue weighted by Crippen LogP contribution is -2.46. The molecule has 1 saturated heterocycles. The van der Waals surface area contributed by atoms with Crippen molar-refractivity contribution >= 4 is 14.0 Å². The minimum absolute atomic E-state index is 0.149. The number of ether oxygens (including phenoxy) is 1. The van der Waals surface area contributed by atoms with Gasteiger partial charge >= 0.3 is 0 Å². The third-order valence-electron chi connectivity index (χ3n) is 4.92. The summed E-state index contributed by atoms with van der Waals surface area (Å²) < 4.78 is 12.0. The van der Waals surface area contributed by atoms with Crippen LogP contribution in [-0.4, -0.2) is 50.9 Å². The van der Waals surface area contributed by atoms with Crippen LogP contribution < -0.4 is 0 Å². The van der Waals surface area contributed by atoms with Crippen LogP contribution in [0.1, 0.15) is 53.9 Å². The maximum atomic E-state index is 6.62. The van der Waals surface area contributed by atoms with Gasteiger partial charge in [-0.2, -0.15) is 5.10 Å². The lowest BCUT2D eigenvalue weighted by molar-refractivity contribution is 0.0383. The van der Waals surface area contributed by atoms with Crippen molar-refractivity contribution in [1.29, 1.82) is 0 Å². The molecule has 0 aromatic heterocycles. The second kappa shape index (κ2) is 8.81. The Morgan fingerprint density at radius 3 is 2.33 bits per heavy atom. The highest BCUT2D eigenvalue weighted by molar-refractivity contribution is 6.69. The molecule has 0 spiro atoms. The molecule has 1 fully saturated rings. The van der Waals surface area contributed by atoms with Gasteiger partial charge in [-0.05, 0) is 51.2 Å². The molecule has 0 bridgehead atoms. The molecule has 2 atom stereocenters. The number of hydrogen-bond acceptors (Lipinski definition) is 4. The predicted molar refractivity (Wildman–Crippen MR) is 106 cm³/mol.